The molecule has 0 aliphatic carbocycles. The summed E-state index contributed by atoms with van der Waals surface area (Å²) >= 11 is 12.0. The van der Waals surface area contributed by atoms with Crippen molar-refractivity contribution in [2.45, 2.75) is 11.8 Å². The number of aryl methyl sites for hydroxylation is 1. The van der Waals surface area contributed by atoms with Gasteiger partial charge in [-0.2, -0.15) is 0 Å². The van der Waals surface area contributed by atoms with Gasteiger partial charge in [-0.1, -0.05) is 35.3 Å². The SMILES string of the molecule is Cc1ccc(NC(=O)c2c(Cl)cccc2Cl)cc1S(=O)(=O)N(C)C. The minimum atomic E-state index is -3.62. The maximum absolute atomic E-state index is 12.4. The van der Waals surface area contributed by atoms with Crippen LogP contribution in [0.1, 0.15) is 15.9 Å². The number of nitrogens with zero attached hydrogens (tertiary/aromatic N) is 1. The van der Waals surface area contributed by atoms with Crippen molar-refractivity contribution in [2.24, 2.45) is 0 Å². The molecule has 2 rings (SSSR count). The normalized spacial score (nSPS) is 11.6. The second-order valence-electron chi connectivity index (χ2n) is 5.32. The van der Waals surface area contributed by atoms with E-state index in [-0.39, 0.29) is 20.5 Å². The third-order valence-corrected chi connectivity index (χ3v) is 5.98. The van der Waals surface area contributed by atoms with E-state index in [2.05, 4.69) is 5.32 Å². The Morgan fingerprint density at radius 3 is 2.21 bits per heavy atom. The molecule has 1 amide bonds. The summed E-state index contributed by atoms with van der Waals surface area (Å²) in [4.78, 5) is 12.5. The van der Waals surface area contributed by atoms with Gasteiger partial charge in [0, 0.05) is 19.8 Å². The summed E-state index contributed by atoms with van der Waals surface area (Å²) in [7, 11) is -0.721. The maximum atomic E-state index is 12.4. The van der Waals surface area contributed by atoms with Crippen LogP contribution in [0.2, 0.25) is 10.0 Å². The van der Waals surface area contributed by atoms with Crippen LogP contribution in [-0.2, 0) is 10.0 Å². The monoisotopic (exact) mass is 386 g/mol. The Hall–Kier alpha value is -1.60. The summed E-state index contributed by atoms with van der Waals surface area (Å²) in [5, 5.41) is 3.06. The third kappa shape index (κ3) is 3.72. The van der Waals surface area contributed by atoms with Crippen LogP contribution in [0.5, 0.6) is 0 Å². The molecule has 0 radical (unpaired) electrons. The summed E-state index contributed by atoms with van der Waals surface area (Å²) in [6.07, 6.45) is 0. The topological polar surface area (TPSA) is 66.5 Å². The Kier molecular flexibility index (Phi) is 5.55. The van der Waals surface area contributed by atoms with Crippen LogP contribution in [0.25, 0.3) is 0 Å². The van der Waals surface area contributed by atoms with E-state index in [0.717, 1.165) is 4.31 Å². The minimum absolute atomic E-state index is 0.121. The highest BCUT2D eigenvalue weighted by molar-refractivity contribution is 7.89. The lowest BCUT2D eigenvalue weighted by atomic mass is 10.2. The van der Waals surface area contributed by atoms with Gasteiger partial charge in [-0.3, -0.25) is 4.79 Å². The van der Waals surface area contributed by atoms with Crippen molar-refractivity contribution in [3.8, 4) is 0 Å². The first-order valence-corrected chi connectivity index (χ1v) is 9.12. The Balaban J connectivity index is 2.40. The molecule has 0 heterocycles. The molecule has 128 valence electrons. The second kappa shape index (κ2) is 7.11. The summed E-state index contributed by atoms with van der Waals surface area (Å²) < 4.78 is 25.8. The molecule has 2 aromatic rings. The van der Waals surface area contributed by atoms with E-state index in [4.69, 9.17) is 23.2 Å². The predicted molar refractivity (Wildman–Crippen MR) is 96.5 cm³/mol. The zero-order valence-corrected chi connectivity index (χ0v) is 15.6. The molecule has 0 saturated heterocycles. The van der Waals surface area contributed by atoms with Crippen molar-refractivity contribution in [2.75, 3.05) is 19.4 Å². The number of hydrogen-bond acceptors (Lipinski definition) is 3. The number of hydrogen-bond donors (Lipinski definition) is 1. The standard InChI is InChI=1S/C16H16Cl2N2O3S/c1-10-7-8-11(9-14(10)24(22,23)20(2)3)19-16(21)15-12(17)5-4-6-13(15)18/h4-9H,1-3H3,(H,19,21). The Labute approximate surface area is 151 Å². The molecule has 0 bridgehead atoms. The van der Waals surface area contributed by atoms with Crippen molar-refractivity contribution in [1.29, 1.82) is 0 Å². The summed E-state index contributed by atoms with van der Waals surface area (Å²) in [6.45, 7) is 1.69. The van der Waals surface area contributed by atoms with Crippen LogP contribution in [-0.4, -0.2) is 32.7 Å². The fourth-order valence-corrected chi connectivity index (χ4v) is 3.77. The average molecular weight is 387 g/mol. The van der Waals surface area contributed by atoms with Gasteiger partial charge in [0.15, 0.2) is 0 Å². The fraction of sp³-hybridized carbons (Fsp3) is 0.188. The first-order valence-electron chi connectivity index (χ1n) is 6.93. The van der Waals surface area contributed by atoms with E-state index in [1.165, 1.54) is 20.2 Å². The van der Waals surface area contributed by atoms with Gasteiger partial charge >= 0.3 is 0 Å². The largest absolute Gasteiger partial charge is 0.322 e. The summed E-state index contributed by atoms with van der Waals surface area (Å²) in [6, 6.07) is 9.40. The van der Waals surface area contributed by atoms with Gasteiger partial charge in [-0.25, -0.2) is 12.7 Å². The highest BCUT2D eigenvalue weighted by Gasteiger charge is 2.21. The molecule has 0 spiro atoms. The molecule has 0 aromatic heterocycles. The molecule has 24 heavy (non-hydrogen) atoms. The Morgan fingerprint density at radius 1 is 1.08 bits per heavy atom. The van der Waals surface area contributed by atoms with E-state index in [1.54, 1.807) is 37.3 Å². The first-order chi connectivity index (χ1) is 11.1. The second-order valence-corrected chi connectivity index (χ2v) is 8.25. The van der Waals surface area contributed by atoms with Crippen molar-refractivity contribution in [3.05, 3.63) is 57.6 Å². The van der Waals surface area contributed by atoms with E-state index in [1.807, 2.05) is 0 Å². The smallest absolute Gasteiger partial charge is 0.258 e. The lowest BCUT2D eigenvalue weighted by Gasteiger charge is -2.15. The predicted octanol–water partition coefficient (Wildman–Crippen LogP) is 3.80. The van der Waals surface area contributed by atoms with E-state index in [9.17, 15) is 13.2 Å². The molecule has 0 aliphatic rings. The van der Waals surface area contributed by atoms with Crippen LogP contribution in [0.15, 0.2) is 41.3 Å². The van der Waals surface area contributed by atoms with Crippen LogP contribution < -0.4 is 5.32 Å². The summed E-state index contributed by atoms with van der Waals surface area (Å²) in [5.41, 5.74) is 1.05. The van der Waals surface area contributed by atoms with E-state index < -0.39 is 15.9 Å². The van der Waals surface area contributed by atoms with Gasteiger partial charge in [0.1, 0.15) is 0 Å². The quantitative estimate of drug-likeness (QED) is 0.868. The molecule has 0 saturated carbocycles. The highest BCUT2D eigenvalue weighted by atomic mass is 35.5. The van der Waals surface area contributed by atoms with Crippen molar-refractivity contribution in [1.82, 2.24) is 4.31 Å². The molecular weight excluding hydrogens is 371 g/mol. The highest BCUT2D eigenvalue weighted by Crippen LogP contribution is 2.27. The number of amides is 1. The van der Waals surface area contributed by atoms with Gasteiger partial charge in [0.2, 0.25) is 10.0 Å². The lowest BCUT2D eigenvalue weighted by molar-refractivity contribution is 0.102. The fourth-order valence-electron chi connectivity index (χ4n) is 2.06. The molecule has 0 fully saturated rings. The van der Waals surface area contributed by atoms with Crippen LogP contribution >= 0.6 is 23.2 Å². The molecular formula is C16H16Cl2N2O3S. The maximum Gasteiger partial charge on any atom is 0.258 e. The zero-order valence-electron chi connectivity index (χ0n) is 13.3. The number of anilines is 1. The van der Waals surface area contributed by atoms with Gasteiger partial charge in [-0.05, 0) is 36.8 Å². The number of rotatable bonds is 4. The van der Waals surface area contributed by atoms with Crippen LogP contribution in [0, 0.1) is 6.92 Å². The number of benzene rings is 2. The minimum Gasteiger partial charge on any atom is -0.322 e. The Morgan fingerprint density at radius 2 is 1.67 bits per heavy atom. The number of halogens is 2. The molecule has 5 nitrogen and oxygen atoms in total. The van der Waals surface area contributed by atoms with Crippen molar-refractivity contribution >= 4 is 44.8 Å². The van der Waals surface area contributed by atoms with Crippen molar-refractivity contribution in [3.63, 3.8) is 0 Å². The summed E-state index contributed by atoms with van der Waals surface area (Å²) in [5.74, 6) is -0.511. The lowest BCUT2D eigenvalue weighted by Crippen LogP contribution is -2.23. The number of carbonyl (C=O) groups is 1. The molecule has 1 N–H and O–H groups in total. The molecule has 8 heteroatoms. The molecule has 2 aromatic carbocycles. The number of carbonyl (C=O) groups excluding carboxylic acids is 1. The molecule has 0 aliphatic heterocycles. The first kappa shape index (κ1) is 18.7. The van der Waals surface area contributed by atoms with Gasteiger partial charge in [0.05, 0.1) is 20.5 Å². The number of nitrogens with one attached hydrogen (secondary N) is 1. The van der Waals surface area contributed by atoms with Crippen LogP contribution in [0.3, 0.4) is 0 Å². The number of sulfonamides is 1. The van der Waals surface area contributed by atoms with Gasteiger partial charge in [-0.15, -0.1) is 0 Å². The van der Waals surface area contributed by atoms with Crippen molar-refractivity contribution < 1.29 is 13.2 Å². The molecule has 0 unspecified atom stereocenters. The van der Waals surface area contributed by atoms with Gasteiger partial charge in [0.25, 0.3) is 5.91 Å². The van der Waals surface area contributed by atoms with Crippen LogP contribution in [0.4, 0.5) is 5.69 Å². The molecule has 0 atom stereocenters. The average Bonchev–Trinajstić information content (AvgIpc) is 2.48. The van der Waals surface area contributed by atoms with E-state index >= 15 is 0 Å². The Bertz CT molecular complexity index is 876. The van der Waals surface area contributed by atoms with Gasteiger partial charge < -0.3 is 5.32 Å². The van der Waals surface area contributed by atoms with E-state index in [0.29, 0.717) is 11.3 Å². The third-order valence-electron chi connectivity index (χ3n) is 3.39. The zero-order chi connectivity index (χ0) is 18.1.